The van der Waals surface area contributed by atoms with Gasteiger partial charge in [-0.2, -0.15) is 0 Å². The van der Waals surface area contributed by atoms with Gasteiger partial charge in [0.05, 0.1) is 7.05 Å². The predicted molar refractivity (Wildman–Crippen MR) is 73.7 cm³/mol. The Morgan fingerprint density at radius 1 is 1.50 bits per heavy atom. The molecule has 0 radical (unpaired) electrons. The molecule has 98 valence electrons. The quantitative estimate of drug-likeness (QED) is 0.634. The molecule has 5 heteroatoms. The Kier molecular flexibility index (Phi) is 4.25. The zero-order valence-electron chi connectivity index (χ0n) is 11.5. The van der Waals surface area contributed by atoms with Crippen LogP contribution in [0.2, 0.25) is 0 Å². The first-order valence-corrected chi connectivity index (χ1v) is 6.57. The number of nitrogens with one attached hydrogen (secondary N) is 1. The number of aryl methyl sites for hydroxylation is 1. The number of hydrogen-bond acceptors (Lipinski definition) is 4. The first-order valence-electron chi connectivity index (χ1n) is 6.57. The van der Waals surface area contributed by atoms with Gasteiger partial charge >= 0.3 is 0 Å². The van der Waals surface area contributed by atoms with Crippen molar-refractivity contribution in [3.05, 3.63) is 12.0 Å². The van der Waals surface area contributed by atoms with Crippen LogP contribution in [0.15, 0.2) is 11.3 Å². The average Bonchev–Trinajstić information content (AvgIpc) is 2.41. The van der Waals surface area contributed by atoms with Crippen LogP contribution >= 0.6 is 0 Å². The topological polar surface area (TPSA) is 44.4 Å². The maximum Gasteiger partial charge on any atom is 0.288 e. The Bertz CT molecular complexity index is 435. The highest BCUT2D eigenvalue weighted by atomic mass is 15.3. The van der Waals surface area contributed by atoms with Crippen LogP contribution < -0.4 is 14.8 Å². The highest BCUT2D eigenvalue weighted by Crippen LogP contribution is 2.27. The van der Waals surface area contributed by atoms with Crippen LogP contribution in [0.1, 0.15) is 19.0 Å². The average molecular weight is 248 g/mol. The van der Waals surface area contributed by atoms with Crippen LogP contribution in [0.4, 0.5) is 11.5 Å². The van der Waals surface area contributed by atoms with Crippen LogP contribution in [0.25, 0.3) is 0 Å². The van der Waals surface area contributed by atoms with E-state index < -0.39 is 0 Å². The van der Waals surface area contributed by atoms with Crippen molar-refractivity contribution < 1.29 is 4.57 Å². The van der Waals surface area contributed by atoms with Crippen molar-refractivity contribution in [2.45, 2.75) is 20.3 Å². The summed E-state index contributed by atoms with van der Waals surface area (Å²) in [5.74, 6) is 1.01. The van der Waals surface area contributed by atoms with Gasteiger partial charge in [-0.3, -0.25) is 4.99 Å². The van der Waals surface area contributed by atoms with E-state index in [1.165, 1.54) is 0 Å². The summed E-state index contributed by atoms with van der Waals surface area (Å²) >= 11 is 0. The second kappa shape index (κ2) is 5.91. The molecule has 0 unspecified atom stereocenters. The second-order valence-electron chi connectivity index (χ2n) is 4.57. The summed E-state index contributed by atoms with van der Waals surface area (Å²) in [5, 5.41) is 3.36. The van der Waals surface area contributed by atoms with Crippen LogP contribution in [-0.2, 0) is 7.05 Å². The Morgan fingerprint density at radius 3 is 2.89 bits per heavy atom. The van der Waals surface area contributed by atoms with E-state index in [1.807, 2.05) is 24.2 Å². The van der Waals surface area contributed by atoms with Crippen LogP contribution in [0.3, 0.4) is 0 Å². The lowest BCUT2D eigenvalue weighted by molar-refractivity contribution is -0.679. The van der Waals surface area contributed by atoms with E-state index >= 15 is 0 Å². The number of anilines is 1. The van der Waals surface area contributed by atoms with Crippen molar-refractivity contribution in [1.82, 2.24) is 10.3 Å². The maximum atomic E-state index is 4.59. The van der Waals surface area contributed by atoms with Gasteiger partial charge in [-0.25, -0.2) is 4.57 Å². The fourth-order valence-corrected chi connectivity index (χ4v) is 2.06. The van der Waals surface area contributed by atoms with Gasteiger partial charge in [-0.05, 0) is 11.4 Å². The lowest BCUT2D eigenvalue weighted by Gasteiger charge is -2.26. The monoisotopic (exact) mass is 248 g/mol. The number of aromatic nitrogens is 2. The minimum Gasteiger partial charge on any atom is -0.331 e. The van der Waals surface area contributed by atoms with Crippen molar-refractivity contribution in [2.75, 3.05) is 31.1 Å². The molecule has 0 aliphatic carbocycles. The molecule has 2 rings (SSSR count). The van der Waals surface area contributed by atoms with Crippen LogP contribution in [0, 0.1) is 6.92 Å². The zero-order chi connectivity index (χ0) is 13.0. The third-order valence-electron chi connectivity index (χ3n) is 3.26. The minimum atomic E-state index is 0.943. The van der Waals surface area contributed by atoms with Crippen molar-refractivity contribution in [3.63, 3.8) is 0 Å². The molecule has 1 aliphatic rings. The summed E-state index contributed by atoms with van der Waals surface area (Å²) < 4.78 is 2.02. The third-order valence-corrected chi connectivity index (χ3v) is 3.26. The highest BCUT2D eigenvalue weighted by Gasteiger charge is 2.23. The molecule has 0 bridgehead atoms. The van der Waals surface area contributed by atoms with Crippen molar-refractivity contribution >= 4 is 17.7 Å². The molecule has 1 aromatic heterocycles. The van der Waals surface area contributed by atoms with Crippen LogP contribution in [-0.4, -0.2) is 37.4 Å². The van der Waals surface area contributed by atoms with E-state index in [2.05, 4.69) is 34.0 Å². The molecule has 0 spiro atoms. The van der Waals surface area contributed by atoms with E-state index in [0.717, 1.165) is 49.8 Å². The second-order valence-corrected chi connectivity index (χ2v) is 4.57. The standard InChI is InChI=1S/C13H22N5/c1-4-5-15-12-11(2)17(3)10-16-13(12)18-8-6-14-7-9-18/h5,10,14H,4,6-9H2,1-3H3/q+1. The molecule has 5 nitrogen and oxygen atoms in total. The first kappa shape index (κ1) is 13.0. The Hall–Kier alpha value is -1.49. The fourth-order valence-electron chi connectivity index (χ4n) is 2.06. The number of aliphatic imine (C=N–C) groups is 1. The molecule has 0 saturated carbocycles. The lowest BCUT2D eigenvalue weighted by atomic mass is 10.3. The Balaban J connectivity index is 2.38. The van der Waals surface area contributed by atoms with Gasteiger partial charge < -0.3 is 10.2 Å². The number of nitrogens with zero attached hydrogens (tertiary/aromatic N) is 4. The number of hydrogen-bond donors (Lipinski definition) is 1. The lowest BCUT2D eigenvalue weighted by Crippen LogP contribution is -2.44. The Morgan fingerprint density at radius 2 is 2.22 bits per heavy atom. The molecular formula is C13H22N5+. The fraction of sp³-hybridized carbons (Fsp3) is 0.615. The molecule has 1 saturated heterocycles. The minimum absolute atomic E-state index is 0.943. The highest BCUT2D eigenvalue weighted by molar-refractivity contribution is 5.71. The summed E-state index contributed by atoms with van der Waals surface area (Å²) in [4.78, 5) is 11.5. The van der Waals surface area contributed by atoms with Gasteiger partial charge in [0.1, 0.15) is 5.69 Å². The van der Waals surface area contributed by atoms with Gasteiger partial charge in [0.25, 0.3) is 12.1 Å². The number of rotatable bonds is 3. The maximum absolute atomic E-state index is 4.59. The first-order chi connectivity index (χ1) is 8.74. The van der Waals surface area contributed by atoms with Gasteiger partial charge in [0.15, 0.2) is 5.69 Å². The van der Waals surface area contributed by atoms with Crippen LogP contribution in [0.5, 0.6) is 0 Å². The molecule has 1 fully saturated rings. The molecule has 18 heavy (non-hydrogen) atoms. The zero-order valence-corrected chi connectivity index (χ0v) is 11.5. The largest absolute Gasteiger partial charge is 0.331 e. The van der Waals surface area contributed by atoms with Gasteiger partial charge in [-0.1, -0.05) is 6.92 Å². The normalized spacial score (nSPS) is 16.5. The third kappa shape index (κ3) is 2.67. The molecule has 1 aliphatic heterocycles. The van der Waals surface area contributed by atoms with Crippen molar-refractivity contribution in [1.29, 1.82) is 0 Å². The van der Waals surface area contributed by atoms with Gasteiger partial charge in [-0.15, -0.1) is 0 Å². The van der Waals surface area contributed by atoms with E-state index in [4.69, 9.17) is 0 Å². The Labute approximate surface area is 109 Å². The molecule has 1 aromatic rings. The summed E-state index contributed by atoms with van der Waals surface area (Å²) in [6.45, 7) is 8.20. The predicted octanol–water partition coefficient (Wildman–Crippen LogP) is 0.736. The SMILES string of the molecule is CCC=Nc1c(N2CCNCC2)nc[n+](C)c1C. The summed E-state index contributed by atoms with van der Waals surface area (Å²) in [6.07, 6.45) is 4.77. The summed E-state index contributed by atoms with van der Waals surface area (Å²) in [7, 11) is 2.01. The molecule has 0 amide bonds. The van der Waals surface area contributed by atoms with Crippen molar-refractivity contribution in [3.8, 4) is 0 Å². The molecule has 1 N–H and O–H groups in total. The summed E-state index contributed by atoms with van der Waals surface area (Å²) in [5.41, 5.74) is 2.16. The van der Waals surface area contributed by atoms with Gasteiger partial charge in [0, 0.05) is 39.3 Å². The molecular weight excluding hydrogens is 226 g/mol. The van der Waals surface area contributed by atoms with E-state index in [1.54, 1.807) is 0 Å². The summed E-state index contributed by atoms with van der Waals surface area (Å²) in [6, 6.07) is 0. The van der Waals surface area contributed by atoms with E-state index in [0.29, 0.717) is 0 Å². The molecule has 0 atom stereocenters. The van der Waals surface area contributed by atoms with E-state index in [9.17, 15) is 0 Å². The van der Waals surface area contributed by atoms with Gasteiger partial charge in [0.2, 0.25) is 0 Å². The molecule has 2 heterocycles. The van der Waals surface area contributed by atoms with Crippen molar-refractivity contribution in [2.24, 2.45) is 12.0 Å². The number of piperazine rings is 1. The van der Waals surface area contributed by atoms with E-state index in [-0.39, 0.29) is 0 Å². The molecule has 0 aromatic carbocycles. The smallest absolute Gasteiger partial charge is 0.288 e.